The van der Waals surface area contributed by atoms with Gasteiger partial charge >= 0.3 is 136 Å². The van der Waals surface area contributed by atoms with E-state index in [1.807, 2.05) is 0 Å². The Labute approximate surface area is 254 Å². The molecule has 0 fully saturated rings. The molecule has 0 aliphatic heterocycles. The van der Waals surface area contributed by atoms with Crippen LogP contribution in [0.3, 0.4) is 0 Å². The average Bonchev–Trinajstić information content (AvgIpc) is 2.72. The van der Waals surface area contributed by atoms with E-state index in [4.69, 9.17) is 9.30 Å². The molecule has 0 atom stereocenters. The molecule has 0 saturated heterocycles. The molecular formula is C30H51AsFeN2Si4. The zero-order valence-corrected chi connectivity index (χ0v) is 32.8. The Balaban J connectivity index is 0.000000613. The van der Waals surface area contributed by atoms with Crippen molar-refractivity contribution in [1.82, 2.24) is 0 Å². The molecule has 0 aliphatic carbocycles. The molecule has 0 amide bonds. The molecule has 3 rings (SSSR count). The molecule has 0 heterocycles. The second-order valence-electron chi connectivity index (χ2n) is 13.2. The van der Waals surface area contributed by atoms with Crippen LogP contribution in [0, 0.1) is 0 Å². The van der Waals surface area contributed by atoms with E-state index in [0.717, 1.165) is 0 Å². The van der Waals surface area contributed by atoms with Crippen LogP contribution in [0.5, 0.6) is 0 Å². The van der Waals surface area contributed by atoms with Gasteiger partial charge in [-0.2, -0.15) is 0 Å². The fourth-order valence-corrected chi connectivity index (χ4v) is 25.1. The van der Waals surface area contributed by atoms with Crippen LogP contribution in [0.25, 0.3) is 9.30 Å². The molecule has 210 valence electrons. The summed E-state index contributed by atoms with van der Waals surface area (Å²) in [5, 5.41) is 0. The van der Waals surface area contributed by atoms with Crippen LogP contribution in [0.1, 0.15) is 0 Å². The summed E-state index contributed by atoms with van der Waals surface area (Å²) in [4.78, 5) is 0. The van der Waals surface area contributed by atoms with Gasteiger partial charge in [0.15, 0.2) is 0 Å². The third kappa shape index (κ3) is 18.7. The van der Waals surface area contributed by atoms with E-state index in [2.05, 4.69) is 170 Å². The van der Waals surface area contributed by atoms with Gasteiger partial charge in [-0.25, -0.2) is 0 Å². The predicted molar refractivity (Wildman–Crippen MR) is 184 cm³/mol. The topological polar surface area (TPSA) is 28.2 Å². The summed E-state index contributed by atoms with van der Waals surface area (Å²) >= 11 is -1.39. The van der Waals surface area contributed by atoms with E-state index in [1.54, 1.807) is 0 Å². The maximum atomic E-state index is 4.82. The zero-order chi connectivity index (χ0) is 28.3. The Hall–Kier alpha value is -0.475. The van der Waals surface area contributed by atoms with E-state index in [1.165, 1.54) is 13.1 Å². The average molecular weight is 683 g/mol. The predicted octanol–water partition coefficient (Wildman–Crippen LogP) is 8.26. The van der Waals surface area contributed by atoms with Crippen molar-refractivity contribution in [2.75, 3.05) is 0 Å². The normalized spacial score (nSPS) is 11.9. The maximum absolute atomic E-state index is 4.82. The summed E-state index contributed by atoms with van der Waals surface area (Å²) in [5.41, 5.74) is 0. The Morgan fingerprint density at radius 2 is 0.553 bits per heavy atom. The summed E-state index contributed by atoms with van der Waals surface area (Å²) in [6, 6.07) is 32.7. The fraction of sp³-hybridized carbons (Fsp3) is 0.400. The minimum absolute atomic E-state index is 0. The van der Waals surface area contributed by atoms with Crippen LogP contribution in [-0.2, 0) is 17.1 Å². The number of benzene rings is 3. The number of hydrogen-bond acceptors (Lipinski definition) is 0. The van der Waals surface area contributed by atoms with Gasteiger partial charge in [-0.3, -0.25) is 0 Å². The summed E-state index contributed by atoms with van der Waals surface area (Å²) in [7, 11) is -4.42. The van der Waals surface area contributed by atoms with Crippen LogP contribution in [-0.4, -0.2) is 47.6 Å². The van der Waals surface area contributed by atoms with Crippen molar-refractivity contribution in [3.8, 4) is 0 Å². The molecule has 0 N–H and O–H groups in total. The standard InChI is InChI=1S/C18H15As.2C6H18NSi2.Fe/c1-4-10-16(11-5-1)19(17-12-6-2-7-13-17)18-14-8-3-9-15-18;2*1-8(2,3)7-9(4,5)6;/h1-15H;2*1-6H3;/q;2*-1;+2. The van der Waals surface area contributed by atoms with Gasteiger partial charge in [-0.05, 0) is 0 Å². The van der Waals surface area contributed by atoms with Gasteiger partial charge in [0, 0.05) is 0 Å². The van der Waals surface area contributed by atoms with Gasteiger partial charge in [0.1, 0.15) is 0 Å². The molecule has 0 spiro atoms. The van der Waals surface area contributed by atoms with Crippen molar-refractivity contribution in [2.24, 2.45) is 0 Å². The molecular weight excluding hydrogens is 631 g/mol. The molecule has 0 bridgehead atoms. The number of nitrogens with zero attached hydrogens (tertiary/aromatic N) is 2. The Kier molecular flexibility index (Phi) is 16.5. The van der Waals surface area contributed by atoms with Gasteiger partial charge < -0.3 is 9.30 Å². The van der Waals surface area contributed by atoms with Crippen molar-refractivity contribution in [3.05, 3.63) is 100 Å². The molecule has 0 saturated carbocycles. The summed E-state index contributed by atoms with van der Waals surface area (Å²) in [6.07, 6.45) is 0. The Morgan fingerprint density at radius 1 is 0.368 bits per heavy atom. The van der Waals surface area contributed by atoms with Crippen molar-refractivity contribution in [1.29, 1.82) is 0 Å². The van der Waals surface area contributed by atoms with Gasteiger partial charge in [0.2, 0.25) is 0 Å². The van der Waals surface area contributed by atoms with Crippen molar-refractivity contribution in [2.45, 2.75) is 78.6 Å². The summed E-state index contributed by atoms with van der Waals surface area (Å²) in [6.45, 7) is 27.6. The van der Waals surface area contributed by atoms with Crippen LogP contribution in [0.4, 0.5) is 0 Å². The quantitative estimate of drug-likeness (QED) is 0.225. The molecule has 0 unspecified atom stereocenters. The Bertz CT molecular complexity index is 868. The molecule has 38 heavy (non-hydrogen) atoms. The first-order chi connectivity index (χ1) is 16.9. The molecule has 0 aromatic heterocycles. The molecule has 8 heteroatoms. The van der Waals surface area contributed by atoms with Crippen LogP contribution >= 0.6 is 0 Å². The van der Waals surface area contributed by atoms with Gasteiger partial charge in [0.25, 0.3) is 0 Å². The number of rotatable bonds is 7. The van der Waals surface area contributed by atoms with Crippen molar-refractivity contribution < 1.29 is 17.1 Å². The Morgan fingerprint density at radius 3 is 0.684 bits per heavy atom. The molecule has 3 aromatic carbocycles. The minimum atomic E-state index is -1.39. The van der Waals surface area contributed by atoms with E-state index >= 15 is 0 Å². The van der Waals surface area contributed by atoms with Gasteiger partial charge in [-0.15, -0.1) is 0 Å². The first kappa shape index (κ1) is 37.5. The third-order valence-electron chi connectivity index (χ3n) is 4.38. The van der Waals surface area contributed by atoms with Gasteiger partial charge in [0.05, 0.1) is 0 Å². The molecule has 2 nitrogen and oxygen atoms in total. The van der Waals surface area contributed by atoms with E-state index in [-0.39, 0.29) is 17.1 Å². The SMILES string of the molecule is C[Si](C)(C)[N-][Si](C)(C)C.C[Si](C)(C)[N-][Si](C)(C)C.[Fe+2].c1ccc([As](c2ccccc2)c2ccccc2)cc1. The molecule has 3 aromatic rings. The van der Waals surface area contributed by atoms with E-state index < -0.39 is 47.6 Å². The fourth-order valence-electron chi connectivity index (χ4n) is 4.19. The van der Waals surface area contributed by atoms with Gasteiger partial charge in [-0.1, -0.05) is 112 Å². The summed E-state index contributed by atoms with van der Waals surface area (Å²) in [5.74, 6) is 0. The number of hydrogen-bond donors (Lipinski definition) is 0. The second-order valence-corrected chi connectivity index (χ2v) is 37.1. The second kappa shape index (κ2) is 16.7. The molecule has 0 aliphatic rings. The zero-order valence-electron chi connectivity index (χ0n) is 25.9. The first-order valence-electron chi connectivity index (χ1n) is 13.3. The molecule has 0 radical (unpaired) electrons. The van der Waals surface area contributed by atoms with Crippen LogP contribution in [0.2, 0.25) is 78.6 Å². The summed E-state index contributed by atoms with van der Waals surface area (Å²) < 4.78 is 14.1. The van der Waals surface area contributed by atoms with Crippen LogP contribution < -0.4 is 13.1 Å². The monoisotopic (exact) mass is 682 g/mol. The van der Waals surface area contributed by atoms with E-state index in [0.29, 0.717) is 0 Å². The van der Waals surface area contributed by atoms with Crippen molar-refractivity contribution in [3.63, 3.8) is 0 Å². The third-order valence-corrected chi connectivity index (χ3v) is 20.2. The first-order valence-corrected chi connectivity index (χ1v) is 29.9. The van der Waals surface area contributed by atoms with Crippen molar-refractivity contribution >= 4 is 60.6 Å². The van der Waals surface area contributed by atoms with Crippen LogP contribution in [0.15, 0.2) is 91.0 Å². The van der Waals surface area contributed by atoms with E-state index in [9.17, 15) is 0 Å².